The van der Waals surface area contributed by atoms with Gasteiger partial charge in [0.2, 0.25) is 0 Å². The Labute approximate surface area is 95.5 Å². The third kappa shape index (κ3) is 2.45. The molecule has 0 N–H and O–H groups in total. The summed E-state index contributed by atoms with van der Waals surface area (Å²) in [5, 5.41) is 0.979. The number of allylic oxidation sites excluding steroid dienone is 1. The van der Waals surface area contributed by atoms with E-state index < -0.39 is 10.0 Å². The Morgan fingerprint density at radius 2 is 2.00 bits per heavy atom. The average molecular weight is 288 g/mol. The van der Waals surface area contributed by atoms with Crippen LogP contribution in [0.2, 0.25) is 0 Å². The van der Waals surface area contributed by atoms with Crippen molar-refractivity contribution < 1.29 is 13.2 Å². The highest BCUT2D eigenvalue weighted by molar-refractivity contribution is 9.10. The van der Waals surface area contributed by atoms with Gasteiger partial charge >= 0.3 is 0 Å². The maximum atomic E-state index is 11.0. The van der Waals surface area contributed by atoms with E-state index in [0.717, 1.165) is 9.88 Å². The summed E-state index contributed by atoms with van der Waals surface area (Å²) in [6.07, 6.45) is 1.18. The number of nitrogens with zero attached hydrogens (tertiary/aromatic N) is 1. The third-order valence-corrected chi connectivity index (χ3v) is 3.24. The van der Waals surface area contributed by atoms with Crippen LogP contribution in [0.1, 0.15) is 0 Å². The van der Waals surface area contributed by atoms with Gasteiger partial charge in [0, 0.05) is 0 Å². The molecule has 4 nitrogen and oxygen atoms in total. The highest BCUT2D eigenvalue weighted by Gasteiger charge is 2.15. The maximum Gasteiger partial charge on any atom is 0.279 e. The second-order valence-corrected chi connectivity index (χ2v) is 5.13. The van der Waals surface area contributed by atoms with Crippen molar-refractivity contribution in [2.75, 3.05) is 0 Å². The molecule has 0 bridgehead atoms. The number of hydrogen-bond donors (Lipinski definition) is 0. The minimum absolute atomic E-state index is 0.210. The number of halogens is 1. The van der Waals surface area contributed by atoms with E-state index in [9.17, 15) is 8.42 Å². The van der Waals surface area contributed by atoms with Crippen molar-refractivity contribution in [2.24, 2.45) is 4.40 Å². The van der Waals surface area contributed by atoms with Gasteiger partial charge in [0.1, 0.15) is 5.75 Å². The van der Waals surface area contributed by atoms with Crippen LogP contribution in [0, 0.1) is 0 Å². The van der Waals surface area contributed by atoms with Crippen LogP contribution in [0.15, 0.2) is 44.3 Å². The Kier molecular flexibility index (Phi) is 2.62. The van der Waals surface area contributed by atoms with Gasteiger partial charge < -0.3 is 4.74 Å². The van der Waals surface area contributed by atoms with E-state index in [2.05, 4.69) is 20.3 Å². The summed E-state index contributed by atoms with van der Waals surface area (Å²) in [5.41, 5.74) is 0. The van der Waals surface area contributed by atoms with Gasteiger partial charge in [-0.2, -0.15) is 12.8 Å². The fourth-order valence-electron chi connectivity index (χ4n) is 1.04. The van der Waals surface area contributed by atoms with E-state index in [-0.39, 0.29) is 5.76 Å². The first kappa shape index (κ1) is 10.4. The summed E-state index contributed by atoms with van der Waals surface area (Å²) in [6.45, 7) is 0. The van der Waals surface area contributed by atoms with Crippen molar-refractivity contribution in [1.29, 1.82) is 0 Å². The molecule has 1 aliphatic rings. The number of ether oxygens (including phenoxy) is 1. The molecule has 1 aliphatic heterocycles. The third-order valence-electron chi connectivity index (χ3n) is 1.66. The molecule has 1 aromatic rings. The molecular formula is C9H6BrNO3S. The molecule has 0 spiro atoms. The van der Waals surface area contributed by atoms with Crippen molar-refractivity contribution in [3.8, 4) is 5.75 Å². The first-order chi connectivity index (χ1) is 7.07. The van der Waals surface area contributed by atoms with E-state index in [1.54, 1.807) is 18.2 Å². The number of hydrogen-bond acceptors (Lipinski definition) is 3. The molecule has 2 rings (SSSR count). The molecule has 1 aromatic carbocycles. The lowest BCUT2D eigenvalue weighted by Crippen LogP contribution is -1.94. The quantitative estimate of drug-likeness (QED) is 0.837. The molecule has 6 heteroatoms. The van der Waals surface area contributed by atoms with Gasteiger partial charge in [0.15, 0.2) is 5.76 Å². The molecule has 0 fully saturated rings. The molecular weight excluding hydrogens is 282 g/mol. The van der Waals surface area contributed by atoms with Crippen molar-refractivity contribution in [2.45, 2.75) is 0 Å². The topological polar surface area (TPSA) is 55.7 Å². The molecule has 0 aromatic heterocycles. The maximum absolute atomic E-state index is 11.0. The standard InChI is InChI=1S/C9H6BrNO3S/c10-8-3-1-2-4-9(8)14-7-5-11-15(12,13)6-7/h1-6H. The average Bonchev–Trinajstić information content (AvgIpc) is 2.50. The van der Waals surface area contributed by atoms with Gasteiger partial charge in [-0.1, -0.05) is 12.1 Å². The normalized spacial score (nSPS) is 17.5. The molecule has 15 heavy (non-hydrogen) atoms. The Bertz CT molecular complexity index is 548. The molecule has 0 saturated heterocycles. The van der Waals surface area contributed by atoms with E-state index >= 15 is 0 Å². The van der Waals surface area contributed by atoms with Crippen LogP contribution in [0.5, 0.6) is 5.75 Å². The highest BCUT2D eigenvalue weighted by atomic mass is 79.9. The fraction of sp³-hybridized carbons (Fsp3) is 0. The van der Waals surface area contributed by atoms with Crippen LogP contribution in [-0.2, 0) is 10.0 Å². The minimum Gasteiger partial charge on any atom is -0.454 e. The van der Waals surface area contributed by atoms with E-state index in [1.807, 2.05) is 6.07 Å². The van der Waals surface area contributed by atoms with Crippen molar-refractivity contribution >= 4 is 32.2 Å². The molecule has 0 aliphatic carbocycles. The molecule has 0 atom stereocenters. The van der Waals surface area contributed by atoms with Crippen LogP contribution in [0.4, 0.5) is 0 Å². The van der Waals surface area contributed by atoms with Gasteiger partial charge in [-0.15, -0.1) is 0 Å². The van der Waals surface area contributed by atoms with Gasteiger partial charge in [0.05, 0.1) is 16.1 Å². The zero-order valence-electron chi connectivity index (χ0n) is 7.42. The predicted molar refractivity (Wildman–Crippen MR) is 60.3 cm³/mol. The zero-order chi connectivity index (χ0) is 10.9. The molecule has 0 saturated carbocycles. The molecule has 1 heterocycles. The van der Waals surface area contributed by atoms with Gasteiger partial charge in [-0.25, -0.2) is 0 Å². The van der Waals surface area contributed by atoms with Crippen LogP contribution in [0.25, 0.3) is 0 Å². The number of para-hydroxylation sites is 1. The Morgan fingerprint density at radius 1 is 1.27 bits per heavy atom. The van der Waals surface area contributed by atoms with E-state index in [4.69, 9.17) is 4.74 Å². The second-order valence-electron chi connectivity index (χ2n) is 2.80. The Morgan fingerprint density at radius 3 is 2.60 bits per heavy atom. The summed E-state index contributed by atoms with van der Waals surface area (Å²) in [5.74, 6) is 0.759. The smallest absolute Gasteiger partial charge is 0.279 e. The fourth-order valence-corrected chi connectivity index (χ4v) is 2.12. The highest BCUT2D eigenvalue weighted by Crippen LogP contribution is 2.26. The second kappa shape index (κ2) is 3.79. The summed E-state index contributed by atoms with van der Waals surface area (Å²) in [6, 6.07) is 7.16. The number of benzene rings is 1. The summed E-state index contributed by atoms with van der Waals surface area (Å²) >= 11 is 3.29. The molecule has 0 radical (unpaired) electrons. The largest absolute Gasteiger partial charge is 0.454 e. The minimum atomic E-state index is -3.46. The monoisotopic (exact) mass is 287 g/mol. The molecule has 78 valence electrons. The lowest BCUT2D eigenvalue weighted by atomic mass is 10.3. The van der Waals surface area contributed by atoms with Crippen LogP contribution in [0.3, 0.4) is 0 Å². The van der Waals surface area contributed by atoms with E-state index in [0.29, 0.717) is 5.75 Å². The summed E-state index contributed by atoms with van der Waals surface area (Å²) < 4.78 is 31.3. The van der Waals surface area contributed by atoms with Crippen LogP contribution < -0.4 is 4.74 Å². The Balaban J connectivity index is 2.26. The summed E-state index contributed by atoms with van der Waals surface area (Å²) in [4.78, 5) is 0. The van der Waals surface area contributed by atoms with Crippen molar-refractivity contribution in [3.05, 3.63) is 39.9 Å². The predicted octanol–water partition coefficient (Wildman–Crippen LogP) is 2.08. The van der Waals surface area contributed by atoms with Crippen LogP contribution >= 0.6 is 15.9 Å². The first-order valence-corrected chi connectivity index (χ1v) is 6.31. The van der Waals surface area contributed by atoms with E-state index in [1.165, 1.54) is 6.21 Å². The number of rotatable bonds is 2. The number of sulfonamides is 1. The Hall–Kier alpha value is -1.14. The first-order valence-electron chi connectivity index (χ1n) is 4.01. The lowest BCUT2D eigenvalue weighted by molar-refractivity contribution is 0.456. The summed E-state index contributed by atoms with van der Waals surface area (Å²) in [7, 11) is -3.46. The van der Waals surface area contributed by atoms with Crippen molar-refractivity contribution in [1.82, 2.24) is 0 Å². The van der Waals surface area contributed by atoms with Gasteiger partial charge in [0.25, 0.3) is 10.0 Å². The molecule has 0 amide bonds. The lowest BCUT2D eigenvalue weighted by Gasteiger charge is -2.04. The molecule has 0 unspecified atom stereocenters. The van der Waals surface area contributed by atoms with Gasteiger partial charge in [-0.05, 0) is 28.1 Å². The van der Waals surface area contributed by atoms with Gasteiger partial charge in [-0.3, -0.25) is 0 Å². The van der Waals surface area contributed by atoms with Crippen LogP contribution in [-0.4, -0.2) is 14.6 Å². The van der Waals surface area contributed by atoms with Crippen molar-refractivity contribution in [3.63, 3.8) is 0 Å². The zero-order valence-corrected chi connectivity index (χ0v) is 9.82. The SMILES string of the molecule is O=S1(=O)C=C(Oc2ccccc2Br)C=N1.